The van der Waals surface area contributed by atoms with Gasteiger partial charge in [-0.1, -0.05) is 68.6 Å². The lowest BCUT2D eigenvalue weighted by atomic mass is 10.2. The summed E-state index contributed by atoms with van der Waals surface area (Å²) >= 11 is 7.66. The van der Waals surface area contributed by atoms with Gasteiger partial charge in [-0.15, -0.1) is 0 Å². The number of thioether (sulfide) groups is 1. The Hall–Kier alpha value is -2.24. The maximum absolute atomic E-state index is 12.9. The molecule has 0 unspecified atom stereocenters. The predicted octanol–water partition coefficient (Wildman–Crippen LogP) is 6.79. The topological polar surface area (TPSA) is 41.9 Å². The lowest BCUT2D eigenvalue weighted by molar-refractivity contribution is -0.122. The van der Waals surface area contributed by atoms with E-state index in [0.29, 0.717) is 11.6 Å². The van der Waals surface area contributed by atoms with Crippen LogP contribution in [0.3, 0.4) is 0 Å². The van der Waals surface area contributed by atoms with Crippen LogP contribution in [0.4, 0.5) is 0 Å². The SMILES string of the molecule is CCCCN=C1SC(=Cc2ccc(OCc3ccccc3Cl)cc2)C(=O)N1CCCC. The molecule has 0 N–H and O–H groups in total. The number of carbonyl (C=O) groups excluding carboxylic acids is 1. The maximum Gasteiger partial charge on any atom is 0.266 e. The van der Waals surface area contributed by atoms with Crippen molar-refractivity contribution in [3.63, 3.8) is 0 Å². The van der Waals surface area contributed by atoms with E-state index >= 15 is 0 Å². The van der Waals surface area contributed by atoms with Gasteiger partial charge < -0.3 is 4.74 Å². The number of carbonyl (C=O) groups is 1. The van der Waals surface area contributed by atoms with Crippen LogP contribution in [0.5, 0.6) is 5.75 Å². The second kappa shape index (κ2) is 12.0. The Balaban J connectivity index is 1.67. The van der Waals surface area contributed by atoms with Gasteiger partial charge in [-0.2, -0.15) is 0 Å². The van der Waals surface area contributed by atoms with Gasteiger partial charge in [0.25, 0.3) is 5.91 Å². The summed E-state index contributed by atoms with van der Waals surface area (Å²) in [6.45, 7) is 6.18. The Kier molecular flexibility index (Phi) is 9.04. The Morgan fingerprint density at radius 2 is 1.81 bits per heavy atom. The summed E-state index contributed by atoms with van der Waals surface area (Å²) in [4.78, 5) is 20.2. The molecule has 31 heavy (non-hydrogen) atoms. The highest BCUT2D eigenvalue weighted by molar-refractivity contribution is 8.18. The molecule has 1 saturated heterocycles. The predicted molar refractivity (Wildman–Crippen MR) is 132 cm³/mol. The zero-order valence-electron chi connectivity index (χ0n) is 18.1. The van der Waals surface area contributed by atoms with Crippen molar-refractivity contribution in [2.45, 2.75) is 46.1 Å². The monoisotopic (exact) mass is 456 g/mol. The average Bonchev–Trinajstić information content (AvgIpc) is 3.07. The van der Waals surface area contributed by atoms with Gasteiger partial charge in [-0.3, -0.25) is 14.7 Å². The van der Waals surface area contributed by atoms with Crippen molar-refractivity contribution in [2.75, 3.05) is 13.1 Å². The molecule has 1 amide bonds. The molecule has 0 aromatic heterocycles. The number of aliphatic imine (C=N–C) groups is 1. The van der Waals surface area contributed by atoms with Crippen LogP contribution in [0.2, 0.25) is 5.02 Å². The zero-order valence-corrected chi connectivity index (χ0v) is 19.7. The lowest BCUT2D eigenvalue weighted by Crippen LogP contribution is -2.30. The minimum Gasteiger partial charge on any atom is -0.489 e. The van der Waals surface area contributed by atoms with Crippen LogP contribution in [0, 0.1) is 0 Å². The first kappa shape index (κ1) is 23.4. The number of halogens is 1. The molecule has 2 aromatic rings. The molecule has 3 rings (SSSR count). The molecule has 1 fully saturated rings. The molecule has 0 bridgehead atoms. The normalized spacial score (nSPS) is 16.5. The van der Waals surface area contributed by atoms with E-state index < -0.39 is 0 Å². The summed E-state index contributed by atoms with van der Waals surface area (Å²) in [5, 5.41) is 1.53. The Morgan fingerprint density at radius 3 is 2.52 bits per heavy atom. The fraction of sp³-hybridized carbons (Fsp3) is 0.360. The molecule has 2 aromatic carbocycles. The highest BCUT2D eigenvalue weighted by Crippen LogP contribution is 2.33. The van der Waals surface area contributed by atoms with Crippen LogP contribution < -0.4 is 4.74 Å². The molecule has 1 heterocycles. The number of hydrogen-bond acceptors (Lipinski definition) is 4. The van der Waals surface area contributed by atoms with Crippen LogP contribution in [0.1, 0.15) is 50.7 Å². The molecule has 0 spiro atoms. The second-order valence-electron chi connectivity index (χ2n) is 7.39. The number of hydrogen-bond donors (Lipinski definition) is 0. The maximum atomic E-state index is 12.9. The van der Waals surface area contributed by atoms with Crippen LogP contribution >= 0.6 is 23.4 Å². The number of ether oxygens (including phenoxy) is 1. The third-order valence-electron chi connectivity index (χ3n) is 4.91. The standard InChI is InChI=1S/C25H29ClN2O2S/c1-3-5-15-27-25-28(16-6-4-2)24(29)23(31-25)17-19-11-13-21(14-12-19)30-18-20-9-7-8-10-22(20)26/h7-14,17H,3-6,15-16,18H2,1-2H3. The molecule has 164 valence electrons. The smallest absolute Gasteiger partial charge is 0.266 e. The van der Waals surface area contributed by atoms with Crippen LogP contribution in [0.15, 0.2) is 58.4 Å². The molecule has 4 nitrogen and oxygen atoms in total. The molecule has 1 aliphatic heterocycles. The first-order valence-electron chi connectivity index (χ1n) is 10.8. The zero-order chi connectivity index (χ0) is 22.1. The molecule has 0 radical (unpaired) electrons. The van der Waals surface area contributed by atoms with Crippen molar-refractivity contribution in [3.8, 4) is 5.75 Å². The van der Waals surface area contributed by atoms with Gasteiger partial charge in [0, 0.05) is 23.7 Å². The molecular formula is C25H29ClN2O2S. The number of rotatable bonds is 10. The number of amidine groups is 1. The third-order valence-corrected chi connectivity index (χ3v) is 6.33. The Morgan fingerprint density at radius 1 is 1.06 bits per heavy atom. The van der Waals surface area contributed by atoms with Gasteiger partial charge in [0.2, 0.25) is 0 Å². The van der Waals surface area contributed by atoms with Crippen molar-refractivity contribution >= 4 is 40.5 Å². The summed E-state index contributed by atoms with van der Waals surface area (Å²) in [5.74, 6) is 0.812. The molecular weight excluding hydrogens is 428 g/mol. The van der Waals surface area contributed by atoms with Gasteiger partial charge in [0.05, 0.1) is 4.91 Å². The van der Waals surface area contributed by atoms with Crippen LogP contribution in [0.25, 0.3) is 6.08 Å². The quantitative estimate of drug-likeness (QED) is 0.292. The van der Waals surface area contributed by atoms with Crippen LogP contribution in [-0.2, 0) is 11.4 Å². The molecule has 0 saturated carbocycles. The lowest BCUT2D eigenvalue weighted by Gasteiger charge is -2.14. The van der Waals surface area contributed by atoms with Gasteiger partial charge in [0.15, 0.2) is 5.17 Å². The van der Waals surface area contributed by atoms with E-state index in [1.165, 1.54) is 11.8 Å². The second-order valence-corrected chi connectivity index (χ2v) is 8.80. The molecule has 0 aliphatic carbocycles. The first-order chi connectivity index (χ1) is 15.1. The van der Waals surface area contributed by atoms with Crippen molar-refractivity contribution in [1.29, 1.82) is 0 Å². The van der Waals surface area contributed by atoms with E-state index in [1.807, 2.05) is 59.5 Å². The van der Waals surface area contributed by atoms with E-state index in [1.54, 1.807) is 0 Å². The largest absolute Gasteiger partial charge is 0.489 e. The summed E-state index contributed by atoms with van der Waals surface area (Å²) in [6.07, 6.45) is 6.09. The summed E-state index contributed by atoms with van der Waals surface area (Å²) < 4.78 is 5.85. The van der Waals surface area contributed by atoms with Gasteiger partial charge in [0.1, 0.15) is 12.4 Å². The van der Waals surface area contributed by atoms with Crippen molar-refractivity contribution in [1.82, 2.24) is 4.90 Å². The van der Waals surface area contributed by atoms with E-state index in [4.69, 9.17) is 16.3 Å². The summed E-state index contributed by atoms with van der Waals surface area (Å²) in [7, 11) is 0. The number of nitrogens with zero attached hydrogens (tertiary/aromatic N) is 2. The van der Waals surface area contributed by atoms with Crippen molar-refractivity contribution in [3.05, 3.63) is 69.6 Å². The number of benzene rings is 2. The van der Waals surface area contributed by atoms with Crippen LogP contribution in [-0.4, -0.2) is 29.1 Å². The fourth-order valence-corrected chi connectivity index (χ4v) is 4.28. The molecule has 6 heteroatoms. The van der Waals surface area contributed by atoms with Crippen molar-refractivity contribution in [2.24, 2.45) is 4.99 Å². The highest BCUT2D eigenvalue weighted by atomic mass is 35.5. The minimum absolute atomic E-state index is 0.0488. The average molecular weight is 457 g/mol. The highest BCUT2D eigenvalue weighted by Gasteiger charge is 2.32. The fourth-order valence-electron chi connectivity index (χ4n) is 3.06. The van der Waals surface area contributed by atoms with Gasteiger partial charge in [-0.25, -0.2) is 0 Å². The van der Waals surface area contributed by atoms with Gasteiger partial charge >= 0.3 is 0 Å². The molecule has 1 aliphatic rings. The van der Waals surface area contributed by atoms with E-state index in [9.17, 15) is 4.79 Å². The number of amides is 1. The minimum atomic E-state index is 0.0488. The molecule has 0 atom stereocenters. The Bertz CT molecular complexity index is 941. The first-order valence-corrected chi connectivity index (χ1v) is 12.0. The van der Waals surface area contributed by atoms with E-state index in [0.717, 1.165) is 65.7 Å². The third kappa shape index (κ3) is 6.62. The van der Waals surface area contributed by atoms with Crippen molar-refractivity contribution < 1.29 is 9.53 Å². The van der Waals surface area contributed by atoms with E-state index in [-0.39, 0.29) is 5.91 Å². The number of unbranched alkanes of at least 4 members (excludes halogenated alkanes) is 2. The summed E-state index contributed by atoms with van der Waals surface area (Å²) in [6, 6.07) is 15.4. The van der Waals surface area contributed by atoms with Gasteiger partial charge in [-0.05, 0) is 54.4 Å². The Labute approximate surface area is 194 Å². The summed E-state index contributed by atoms with van der Waals surface area (Å²) in [5.41, 5.74) is 1.91. The van der Waals surface area contributed by atoms with E-state index in [2.05, 4.69) is 18.8 Å².